The fraction of sp³-hybridized carbons (Fsp3) is 0.111. The van der Waals surface area contributed by atoms with E-state index in [1.807, 2.05) is 91.1 Å². The maximum atomic E-state index is 7.77. The first-order valence-corrected chi connectivity index (χ1v) is 16.2. The average molecular weight is 849 g/mol. The molecule has 51 heavy (non-hydrogen) atoms. The third-order valence-electron chi connectivity index (χ3n) is 8.58. The molecule has 4 heterocycles. The van der Waals surface area contributed by atoms with E-state index in [2.05, 4.69) is 42.0 Å². The van der Waals surface area contributed by atoms with E-state index >= 15 is 0 Å². The fourth-order valence-electron chi connectivity index (χ4n) is 5.99. The molecule has 8 aromatic rings. The average Bonchev–Trinajstić information content (AvgIpc) is 3.59. The maximum absolute atomic E-state index is 7.77. The maximum Gasteiger partial charge on any atom is 0.180 e. The zero-order chi connectivity index (χ0) is 39.2. The Morgan fingerprint density at radius 1 is 0.745 bits per heavy atom. The van der Waals surface area contributed by atoms with E-state index in [0.29, 0.717) is 45.7 Å². The summed E-state index contributed by atoms with van der Waals surface area (Å²) in [6.07, 6.45) is 3.16. The third-order valence-corrected chi connectivity index (χ3v) is 8.58. The molecule has 1 aliphatic rings. The molecule has 1 aliphatic heterocycles. The normalized spacial score (nSPS) is 13.7. The molecule has 9 rings (SSSR count). The Labute approximate surface area is 319 Å². The number of hydrogen-bond acceptors (Lipinski definition) is 5. The Hall–Kier alpha value is -5.55. The number of hydrogen-bond donors (Lipinski definition) is 0. The van der Waals surface area contributed by atoms with Gasteiger partial charge in [0, 0.05) is 40.7 Å². The van der Waals surface area contributed by atoms with Crippen LogP contribution in [0.4, 0.5) is 0 Å². The number of aryl methyl sites for hydroxylation is 2. The number of nitrogens with zero attached hydrogens (tertiary/aromatic N) is 2. The van der Waals surface area contributed by atoms with Crippen molar-refractivity contribution < 1.29 is 42.2 Å². The van der Waals surface area contributed by atoms with Crippen LogP contribution in [-0.2, 0) is 20.1 Å². The van der Waals surface area contributed by atoms with Crippen LogP contribution in [0.2, 0.25) is 0 Å². The number of fused-ring (bicyclic) bond motifs is 6. The molecule has 0 atom stereocenters. The van der Waals surface area contributed by atoms with Gasteiger partial charge in [0.2, 0.25) is 0 Å². The van der Waals surface area contributed by atoms with Crippen LogP contribution < -0.4 is 9.47 Å². The second-order valence-electron chi connectivity index (χ2n) is 12.2. The van der Waals surface area contributed by atoms with Crippen LogP contribution in [0.5, 0.6) is 23.0 Å². The minimum Gasteiger partial charge on any atom is -0.500 e. The van der Waals surface area contributed by atoms with Crippen LogP contribution in [0.1, 0.15) is 44.7 Å². The van der Waals surface area contributed by atoms with E-state index in [9.17, 15) is 0 Å². The summed E-state index contributed by atoms with van der Waals surface area (Å²) in [6, 6.07) is 41.4. The van der Waals surface area contributed by atoms with Crippen molar-refractivity contribution in [1.29, 1.82) is 0 Å². The zero-order valence-electron chi connectivity index (χ0n) is 33.7. The van der Waals surface area contributed by atoms with Gasteiger partial charge >= 0.3 is 0 Å². The van der Waals surface area contributed by atoms with Gasteiger partial charge in [0.05, 0.1) is 11.0 Å². The Morgan fingerprint density at radius 2 is 1.57 bits per heavy atom. The van der Waals surface area contributed by atoms with Gasteiger partial charge in [-0.05, 0) is 65.6 Å². The molecule has 0 saturated carbocycles. The molecule has 0 N–H and O–H groups in total. The summed E-state index contributed by atoms with van der Waals surface area (Å²) in [5.41, 5.74) is 7.29. The van der Waals surface area contributed by atoms with Crippen molar-refractivity contribution >= 4 is 21.9 Å². The first-order chi connectivity index (χ1) is 26.8. The smallest absolute Gasteiger partial charge is 0.180 e. The molecule has 0 saturated heterocycles. The number of rotatable bonds is 4. The summed E-state index contributed by atoms with van der Waals surface area (Å²) in [6.45, 7) is -0.133. The molecule has 0 spiro atoms. The quantitative estimate of drug-likeness (QED) is 0.165. The largest absolute Gasteiger partial charge is 0.500 e. The number of aromatic nitrogens is 2. The topological polar surface area (TPSA) is 57.4 Å². The summed E-state index contributed by atoms with van der Waals surface area (Å²) in [7, 11) is 0. The van der Waals surface area contributed by atoms with Crippen molar-refractivity contribution in [3.63, 3.8) is 0 Å². The van der Waals surface area contributed by atoms with Gasteiger partial charge in [0.1, 0.15) is 5.58 Å². The Bertz CT molecular complexity index is 2710. The van der Waals surface area contributed by atoms with Gasteiger partial charge < -0.3 is 23.9 Å². The van der Waals surface area contributed by atoms with Crippen molar-refractivity contribution in [1.82, 2.24) is 9.97 Å². The number of ether oxygens (including phenoxy) is 2. The second kappa shape index (κ2) is 14.4. The van der Waals surface area contributed by atoms with E-state index in [4.69, 9.17) is 22.1 Å². The third kappa shape index (κ3) is 6.69. The minimum atomic E-state index is -2.27. The standard InChI is InChI=1S/C26H18NO3.C19H16N.Ir/c1-15(2)16-12-13-27-19(14-16)17-6-5-7-18-24-22(30-25(17)18)10-11-23-26(24)29-21-9-4-3-8-20(21)28-23;1-14-8-11-19(20-13-14)17-10-9-15(2)18(12-17)16-6-4-3-5-7-16;/h3-5,7-15H,1-2H3;3-9,11-13H,1-2H3;/q2*-1;/i;1D3,2D3;. The first-order valence-electron chi connectivity index (χ1n) is 19.2. The summed E-state index contributed by atoms with van der Waals surface area (Å²) in [4.78, 5) is 8.79. The second-order valence-corrected chi connectivity index (χ2v) is 12.2. The SMILES string of the molecule is CC(C)c1ccnc(-c2[c-]ccc3c2oc2ccc4c(c23)Oc2ccccc2O4)c1.[2H]C([2H])([2H])c1ccc(-c2[c-]cc(C([2H])([2H])[2H])c(-c3ccccc3)c2)nc1.[Ir]. The molecule has 5 nitrogen and oxygen atoms in total. The molecule has 0 amide bonds. The van der Waals surface area contributed by atoms with Gasteiger partial charge in [-0.2, -0.15) is 0 Å². The van der Waals surface area contributed by atoms with E-state index in [1.54, 1.807) is 12.1 Å². The van der Waals surface area contributed by atoms with Crippen LogP contribution in [0, 0.1) is 25.8 Å². The van der Waals surface area contributed by atoms with Crippen molar-refractivity contribution in [3.8, 4) is 56.6 Å². The Kier molecular flexibility index (Phi) is 7.66. The molecule has 6 heteroatoms. The van der Waals surface area contributed by atoms with E-state index in [0.717, 1.165) is 38.8 Å². The number of furan rings is 1. The minimum absolute atomic E-state index is 0. The monoisotopic (exact) mass is 849 g/mol. The first kappa shape index (κ1) is 27.2. The van der Waals surface area contributed by atoms with E-state index in [-0.39, 0.29) is 31.2 Å². The van der Waals surface area contributed by atoms with E-state index < -0.39 is 13.7 Å². The van der Waals surface area contributed by atoms with Crippen molar-refractivity contribution in [2.75, 3.05) is 0 Å². The van der Waals surface area contributed by atoms with Gasteiger partial charge in [0.15, 0.2) is 23.0 Å². The molecule has 0 fully saturated rings. The molecule has 0 unspecified atom stereocenters. The van der Waals surface area contributed by atoms with Crippen LogP contribution in [0.25, 0.3) is 55.6 Å². The fourth-order valence-corrected chi connectivity index (χ4v) is 5.99. The van der Waals surface area contributed by atoms with Gasteiger partial charge in [0.25, 0.3) is 0 Å². The Morgan fingerprint density at radius 3 is 2.33 bits per heavy atom. The van der Waals surface area contributed by atoms with Crippen molar-refractivity contribution in [3.05, 3.63) is 156 Å². The van der Waals surface area contributed by atoms with Crippen LogP contribution in [0.3, 0.4) is 0 Å². The number of para-hydroxylation sites is 2. The molecule has 0 aliphatic carbocycles. The Balaban J connectivity index is 0.000000173. The van der Waals surface area contributed by atoms with Crippen LogP contribution >= 0.6 is 0 Å². The molecular formula is C45H34IrN2O3-2. The van der Waals surface area contributed by atoms with Crippen LogP contribution in [-0.4, -0.2) is 9.97 Å². The van der Waals surface area contributed by atoms with Gasteiger partial charge in [-0.1, -0.05) is 103 Å². The molecule has 3 aromatic heterocycles. The van der Waals surface area contributed by atoms with Gasteiger partial charge in [-0.3, -0.25) is 0 Å². The van der Waals surface area contributed by atoms with Gasteiger partial charge in [-0.15, -0.1) is 47.5 Å². The van der Waals surface area contributed by atoms with E-state index in [1.165, 1.54) is 23.9 Å². The predicted molar refractivity (Wildman–Crippen MR) is 200 cm³/mol. The number of benzene rings is 5. The molecule has 253 valence electrons. The van der Waals surface area contributed by atoms with Gasteiger partial charge in [-0.25, -0.2) is 0 Å². The molecule has 5 aromatic carbocycles. The summed E-state index contributed by atoms with van der Waals surface area (Å²) in [5.74, 6) is 3.17. The molecule has 0 bridgehead atoms. The summed E-state index contributed by atoms with van der Waals surface area (Å²) >= 11 is 0. The molecule has 1 radical (unpaired) electrons. The van der Waals surface area contributed by atoms with Crippen molar-refractivity contribution in [2.45, 2.75) is 33.5 Å². The number of pyridine rings is 2. The van der Waals surface area contributed by atoms with Crippen molar-refractivity contribution in [2.24, 2.45) is 0 Å². The van der Waals surface area contributed by atoms with Crippen LogP contribution in [0.15, 0.2) is 132 Å². The molecular weight excluding hydrogens is 809 g/mol. The zero-order valence-corrected chi connectivity index (χ0v) is 30.0. The summed E-state index contributed by atoms with van der Waals surface area (Å²) < 4.78 is 64.2. The summed E-state index contributed by atoms with van der Waals surface area (Å²) in [5, 5.41) is 1.85. The predicted octanol–water partition coefficient (Wildman–Crippen LogP) is 12.3.